The van der Waals surface area contributed by atoms with Crippen LogP contribution in [0.15, 0.2) is 18.2 Å². The van der Waals surface area contributed by atoms with Crippen molar-refractivity contribution < 1.29 is 14.3 Å². The monoisotopic (exact) mass is 453 g/mol. The molecule has 2 fully saturated rings. The number of hydrogen-bond donors (Lipinski definition) is 1. The fourth-order valence-electron chi connectivity index (χ4n) is 6.83. The fourth-order valence-corrected chi connectivity index (χ4v) is 6.83. The highest BCUT2D eigenvalue weighted by atomic mass is 16.5. The van der Waals surface area contributed by atoms with Gasteiger partial charge in [0.25, 0.3) is 5.91 Å². The summed E-state index contributed by atoms with van der Waals surface area (Å²) in [4.78, 5) is 28.7. The Morgan fingerprint density at radius 3 is 2.48 bits per heavy atom. The molecule has 1 aromatic carbocycles. The normalized spacial score (nSPS) is 25.4. The Morgan fingerprint density at radius 2 is 1.91 bits per heavy atom. The van der Waals surface area contributed by atoms with Crippen LogP contribution < -0.4 is 10.1 Å². The van der Waals surface area contributed by atoms with Crippen LogP contribution in [-0.4, -0.2) is 47.5 Å². The number of carbonyl (C=O) groups is 2. The van der Waals surface area contributed by atoms with Crippen molar-refractivity contribution in [3.63, 3.8) is 0 Å². The van der Waals surface area contributed by atoms with Crippen LogP contribution in [0.4, 0.5) is 0 Å². The molecule has 1 N–H and O–H groups in total. The average Bonchev–Trinajstić information content (AvgIpc) is 3.36. The number of para-hydroxylation sites is 1. The van der Waals surface area contributed by atoms with Gasteiger partial charge in [-0.2, -0.15) is 0 Å². The molecule has 2 amide bonds. The summed E-state index contributed by atoms with van der Waals surface area (Å²) in [6.45, 7) is 14.4. The minimum Gasteiger partial charge on any atom is -0.495 e. The third kappa shape index (κ3) is 3.62. The number of fused-ring (bicyclic) bond motifs is 3. The first-order valence-corrected chi connectivity index (χ1v) is 12.3. The quantitative estimate of drug-likeness (QED) is 0.657. The molecule has 2 aliphatic rings. The molecule has 1 heterocycles. The molecule has 180 valence electrons. The van der Waals surface area contributed by atoms with Crippen LogP contribution in [0.2, 0.25) is 0 Å². The van der Waals surface area contributed by atoms with E-state index in [4.69, 9.17) is 4.74 Å². The Labute approximate surface area is 197 Å². The van der Waals surface area contributed by atoms with Crippen LogP contribution in [0.5, 0.6) is 5.75 Å². The number of ether oxygens (including phenoxy) is 1. The van der Waals surface area contributed by atoms with Crippen molar-refractivity contribution >= 4 is 22.7 Å². The lowest BCUT2D eigenvalue weighted by Crippen LogP contribution is -2.52. The Kier molecular flexibility index (Phi) is 6.00. The van der Waals surface area contributed by atoms with Gasteiger partial charge in [0.2, 0.25) is 5.91 Å². The highest BCUT2D eigenvalue weighted by molar-refractivity contribution is 6.10. The van der Waals surface area contributed by atoms with Gasteiger partial charge in [-0.1, -0.05) is 32.9 Å². The van der Waals surface area contributed by atoms with Gasteiger partial charge in [0.1, 0.15) is 12.3 Å². The summed E-state index contributed by atoms with van der Waals surface area (Å²) in [5, 5.41) is 4.29. The molecule has 6 heteroatoms. The second-order valence-electron chi connectivity index (χ2n) is 10.8. The van der Waals surface area contributed by atoms with Gasteiger partial charge in [0.15, 0.2) is 0 Å². The number of methoxy groups -OCH3 is 1. The third-order valence-corrected chi connectivity index (χ3v) is 8.71. The molecule has 6 nitrogen and oxygen atoms in total. The van der Waals surface area contributed by atoms with Gasteiger partial charge < -0.3 is 19.5 Å². The molecule has 2 aliphatic carbocycles. The van der Waals surface area contributed by atoms with Crippen LogP contribution >= 0.6 is 0 Å². The predicted octanol–water partition coefficient (Wildman–Crippen LogP) is 4.77. The van der Waals surface area contributed by atoms with Gasteiger partial charge in [-0.3, -0.25) is 9.59 Å². The number of nitrogens with one attached hydrogen (secondary N) is 1. The number of hydrogen-bond acceptors (Lipinski definition) is 3. The van der Waals surface area contributed by atoms with E-state index in [1.54, 1.807) is 7.11 Å². The van der Waals surface area contributed by atoms with E-state index in [9.17, 15) is 9.59 Å². The van der Waals surface area contributed by atoms with E-state index in [0.717, 1.165) is 16.6 Å². The van der Waals surface area contributed by atoms with E-state index < -0.39 is 0 Å². The summed E-state index contributed by atoms with van der Waals surface area (Å²) in [5.41, 5.74) is 2.48. The van der Waals surface area contributed by atoms with E-state index in [1.165, 1.54) is 19.3 Å². The number of rotatable bonds is 7. The molecule has 2 aromatic rings. The maximum atomic E-state index is 13.8. The van der Waals surface area contributed by atoms with Gasteiger partial charge in [0, 0.05) is 30.2 Å². The van der Waals surface area contributed by atoms with Gasteiger partial charge in [-0.15, -0.1) is 0 Å². The fraction of sp³-hybridized carbons (Fsp3) is 0.630. The average molecular weight is 454 g/mol. The van der Waals surface area contributed by atoms with Gasteiger partial charge in [-0.05, 0) is 62.8 Å². The molecular formula is C27H39N3O3. The Balaban J connectivity index is 1.76. The summed E-state index contributed by atoms with van der Waals surface area (Å²) in [5.74, 6) is 1.32. The topological polar surface area (TPSA) is 63.6 Å². The largest absolute Gasteiger partial charge is 0.495 e. The molecular weight excluding hydrogens is 414 g/mol. The van der Waals surface area contributed by atoms with E-state index >= 15 is 0 Å². The molecule has 3 atom stereocenters. The summed E-state index contributed by atoms with van der Waals surface area (Å²) in [6, 6.07) is 5.90. The number of aromatic nitrogens is 1. The zero-order valence-electron chi connectivity index (χ0n) is 21.2. The van der Waals surface area contributed by atoms with Crippen molar-refractivity contribution in [1.82, 2.24) is 14.8 Å². The summed E-state index contributed by atoms with van der Waals surface area (Å²) in [6.07, 6.45) is 3.59. The molecule has 0 radical (unpaired) electrons. The molecule has 0 saturated heterocycles. The minimum absolute atomic E-state index is 0.0413. The second-order valence-corrected chi connectivity index (χ2v) is 10.8. The molecule has 2 saturated carbocycles. The maximum absolute atomic E-state index is 13.8. The zero-order chi connectivity index (χ0) is 24.1. The van der Waals surface area contributed by atoms with Crippen LogP contribution in [0.1, 0.15) is 69.9 Å². The first-order chi connectivity index (χ1) is 15.6. The molecule has 0 aliphatic heterocycles. The number of nitrogens with zero attached hydrogens (tertiary/aromatic N) is 2. The van der Waals surface area contributed by atoms with E-state index in [0.29, 0.717) is 30.3 Å². The molecule has 33 heavy (non-hydrogen) atoms. The van der Waals surface area contributed by atoms with Crippen molar-refractivity contribution in [2.45, 2.75) is 73.4 Å². The van der Waals surface area contributed by atoms with Crippen LogP contribution in [0.3, 0.4) is 0 Å². The van der Waals surface area contributed by atoms with Gasteiger partial charge in [-0.25, -0.2) is 0 Å². The maximum Gasteiger partial charge on any atom is 0.253 e. The van der Waals surface area contributed by atoms with Crippen molar-refractivity contribution in [2.24, 2.45) is 16.7 Å². The van der Waals surface area contributed by atoms with Crippen molar-refractivity contribution in [3.05, 3.63) is 29.5 Å². The second kappa shape index (κ2) is 8.37. The SMILES string of the molecule is CCN(CC)C(=O)Cn1c(C)c(C(=O)NC2C(C)(C)[C@@H]3CC[C@@]2(C)C3)c2cccc(OC)c21. The number of benzene rings is 1. The first-order valence-electron chi connectivity index (χ1n) is 12.3. The lowest BCUT2D eigenvalue weighted by atomic mass is 9.68. The summed E-state index contributed by atoms with van der Waals surface area (Å²) < 4.78 is 7.61. The number of amides is 2. The Morgan fingerprint density at radius 1 is 1.21 bits per heavy atom. The van der Waals surface area contributed by atoms with E-state index in [-0.39, 0.29) is 35.2 Å². The highest BCUT2D eigenvalue weighted by Gasteiger charge is 2.59. The van der Waals surface area contributed by atoms with Crippen LogP contribution in [0, 0.1) is 23.7 Å². The van der Waals surface area contributed by atoms with Crippen molar-refractivity contribution in [1.29, 1.82) is 0 Å². The summed E-state index contributed by atoms with van der Waals surface area (Å²) >= 11 is 0. The first kappa shape index (κ1) is 23.7. The number of carbonyl (C=O) groups excluding carboxylic acids is 2. The lowest BCUT2D eigenvalue weighted by molar-refractivity contribution is -0.131. The Hall–Kier alpha value is -2.50. The minimum atomic E-state index is -0.0494. The molecule has 1 unspecified atom stereocenters. The smallest absolute Gasteiger partial charge is 0.253 e. The molecule has 4 rings (SSSR count). The van der Waals surface area contributed by atoms with Crippen molar-refractivity contribution in [3.8, 4) is 5.75 Å². The van der Waals surface area contributed by atoms with E-state index in [2.05, 4.69) is 26.1 Å². The summed E-state index contributed by atoms with van der Waals surface area (Å²) in [7, 11) is 1.63. The van der Waals surface area contributed by atoms with Crippen molar-refractivity contribution in [2.75, 3.05) is 20.2 Å². The molecule has 1 aromatic heterocycles. The lowest BCUT2D eigenvalue weighted by Gasteiger charge is -2.43. The predicted molar refractivity (Wildman–Crippen MR) is 132 cm³/mol. The van der Waals surface area contributed by atoms with Crippen LogP contribution in [0.25, 0.3) is 10.9 Å². The zero-order valence-corrected chi connectivity index (χ0v) is 21.2. The standard InChI is InChI=1S/C27H39N3O3/c1-8-29(9-2)21(31)16-30-17(3)22(19-11-10-12-20(33-7)23(19)30)24(32)28-25-26(4,5)18-13-14-27(25,6)15-18/h10-12,18,25H,8-9,13-16H2,1-7H3,(H,28,32)/t18-,25?,27+/m1/s1. The van der Waals surface area contributed by atoms with Gasteiger partial charge in [0.05, 0.1) is 18.2 Å². The van der Waals surface area contributed by atoms with E-state index in [1.807, 2.05) is 48.4 Å². The number of likely N-dealkylation sites (N-methyl/N-ethyl adjacent to an activating group) is 1. The molecule has 0 spiro atoms. The molecule has 2 bridgehead atoms. The Bertz CT molecular complexity index is 1080. The highest BCUT2D eigenvalue weighted by Crippen LogP contribution is 2.62. The van der Waals surface area contributed by atoms with Crippen LogP contribution in [-0.2, 0) is 11.3 Å². The third-order valence-electron chi connectivity index (χ3n) is 8.71. The van der Waals surface area contributed by atoms with Gasteiger partial charge >= 0.3 is 0 Å².